The lowest BCUT2D eigenvalue weighted by molar-refractivity contribution is 0.0221. The van der Waals surface area contributed by atoms with E-state index in [-0.39, 0.29) is 19.2 Å². The lowest BCUT2D eigenvalue weighted by Crippen LogP contribution is -2.39. The summed E-state index contributed by atoms with van der Waals surface area (Å²) < 4.78 is 5.38. The fourth-order valence-electron chi connectivity index (χ4n) is 2.36. The molecule has 0 saturated carbocycles. The van der Waals surface area contributed by atoms with E-state index in [1.54, 1.807) is 4.90 Å². The zero-order chi connectivity index (χ0) is 16.2. The van der Waals surface area contributed by atoms with Crippen molar-refractivity contribution in [3.05, 3.63) is 36.0 Å². The molecule has 0 radical (unpaired) electrons. The first-order valence-corrected chi connectivity index (χ1v) is 7.54. The average molecular weight is 304 g/mol. The highest BCUT2D eigenvalue weighted by molar-refractivity contribution is 5.82. The predicted molar refractivity (Wildman–Crippen MR) is 86.9 cm³/mol. The number of H-pyrrole nitrogens is 1. The largest absolute Gasteiger partial charge is 0.444 e. The minimum absolute atomic E-state index is 0.0774. The van der Waals surface area contributed by atoms with Gasteiger partial charge in [-0.1, -0.05) is 18.2 Å². The predicted octanol–water partition coefficient (Wildman–Crippen LogP) is 2.94. The van der Waals surface area contributed by atoms with Crippen LogP contribution in [0.5, 0.6) is 0 Å². The molecule has 0 aliphatic carbocycles. The van der Waals surface area contributed by atoms with Crippen molar-refractivity contribution in [3.8, 4) is 0 Å². The zero-order valence-electron chi connectivity index (χ0n) is 13.4. The van der Waals surface area contributed by atoms with E-state index in [4.69, 9.17) is 9.84 Å². The van der Waals surface area contributed by atoms with Crippen molar-refractivity contribution in [1.29, 1.82) is 0 Å². The summed E-state index contributed by atoms with van der Waals surface area (Å²) in [4.78, 5) is 16.9. The van der Waals surface area contributed by atoms with Crippen molar-refractivity contribution in [2.45, 2.75) is 32.8 Å². The van der Waals surface area contributed by atoms with E-state index in [1.165, 1.54) is 0 Å². The molecule has 0 unspecified atom stereocenters. The third kappa shape index (κ3) is 4.24. The topological polar surface area (TPSA) is 65.6 Å². The molecule has 0 atom stereocenters. The summed E-state index contributed by atoms with van der Waals surface area (Å²) >= 11 is 0. The van der Waals surface area contributed by atoms with Gasteiger partial charge in [-0.05, 0) is 44.2 Å². The highest BCUT2D eigenvalue weighted by Gasteiger charge is 2.21. The SMILES string of the molecule is CC(C)(C)OC(=O)N(CCO)CCc1cccc2cc[nH]c12. The Balaban J connectivity index is 2.05. The van der Waals surface area contributed by atoms with Crippen LogP contribution in [0.25, 0.3) is 10.9 Å². The molecule has 0 spiro atoms. The lowest BCUT2D eigenvalue weighted by Gasteiger charge is -2.27. The van der Waals surface area contributed by atoms with Gasteiger partial charge in [-0.3, -0.25) is 0 Å². The summed E-state index contributed by atoms with van der Waals surface area (Å²) in [6, 6.07) is 8.13. The van der Waals surface area contributed by atoms with Crippen molar-refractivity contribution in [2.24, 2.45) is 0 Å². The molecule has 2 N–H and O–H groups in total. The Labute approximate surface area is 130 Å². The molecule has 0 aliphatic heterocycles. The number of rotatable bonds is 5. The van der Waals surface area contributed by atoms with Crippen LogP contribution in [0.4, 0.5) is 4.79 Å². The number of hydrogen-bond donors (Lipinski definition) is 2. The minimum atomic E-state index is -0.537. The van der Waals surface area contributed by atoms with Gasteiger partial charge in [0.1, 0.15) is 5.60 Å². The maximum absolute atomic E-state index is 12.2. The van der Waals surface area contributed by atoms with E-state index in [2.05, 4.69) is 11.1 Å². The van der Waals surface area contributed by atoms with Gasteiger partial charge in [0, 0.05) is 24.8 Å². The number of para-hydroxylation sites is 1. The van der Waals surface area contributed by atoms with Gasteiger partial charge in [-0.25, -0.2) is 4.79 Å². The molecule has 1 heterocycles. The first kappa shape index (κ1) is 16.4. The van der Waals surface area contributed by atoms with Gasteiger partial charge in [0.15, 0.2) is 0 Å². The molecule has 0 saturated heterocycles. The normalized spacial score (nSPS) is 11.6. The smallest absolute Gasteiger partial charge is 0.410 e. The third-order valence-corrected chi connectivity index (χ3v) is 3.35. The zero-order valence-corrected chi connectivity index (χ0v) is 13.4. The molecule has 1 aromatic carbocycles. The number of benzene rings is 1. The Kier molecular flexibility index (Phi) is 5.08. The van der Waals surface area contributed by atoms with Crippen LogP contribution >= 0.6 is 0 Å². The molecule has 2 rings (SSSR count). The van der Waals surface area contributed by atoms with Gasteiger partial charge < -0.3 is 19.7 Å². The molecule has 22 heavy (non-hydrogen) atoms. The van der Waals surface area contributed by atoms with E-state index < -0.39 is 5.60 Å². The monoisotopic (exact) mass is 304 g/mol. The van der Waals surface area contributed by atoms with E-state index in [9.17, 15) is 4.79 Å². The van der Waals surface area contributed by atoms with Crippen molar-refractivity contribution in [2.75, 3.05) is 19.7 Å². The summed E-state index contributed by atoms with van der Waals surface area (Å²) in [5, 5.41) is 10.3. The van der Waals surface area contributed by atoms with E-state index in [0.717, 1.165) is 16.5 Å². The Morgan fingerprint density at radius 3 is 2.73 bits per heavy atom. The molecule has 5 heteroatoms. The number of aromatic amines is 1. The molecule has 0 fully saturated rings. The highest BCUT2D eigenvalue weighted by atomic mass is 16.6. The van der Waals surface area contributed by atoms with Crippen LogP contribution < -0.4 is 0 Å². The summed E-state index contributed by atoms with van der Waals surface area (Å²) in [7, 11) is 0. The summed E-state index contributed by atoms with van der Waals surface area (Å²) in [5.41, 5.74) is 1.70. The maximum Gasteiger partial charge on any atom is 0.410 e. The number of aliphatic hydroxyl groups excluding tert-OH is 1. The fourth-order valence-corrected chi connectivity index (χ4v) is 2.36. The van der Waals surface area contributed by atoms with E-state index in [1.807, 2.05) is 45.2 Å². The van der Waals surface area contributed by atoms with Crippen molar-refractivity contribution < 1.29 is 14.6 Å². The van der Waals surface area contributed by atoms with Gasteiger partial charge in [-0.15, -0.1) is 0 Å². The second kappa shape index (κ2) is 6.83. The first-order chi connectivity index (χ1) is 10.4. The van der Waals surface area contributed by atoms with Crippen LogP contribution in [0.15, 0.2) is 30.5 Å². The quantitative estimate of drug-likeness (QED) is 0.892. The number of aliphatic hydroxyl groups is 1. The molecule has 5 nitrogen and oxygen atoms in total. The fraction of sp³-hybridized carbons (Fsp3) is 0.471. The second-order valence-electron chi connectivity index (χ2n) is 6.30. The Bertz CT molecular complexity index is 628. The standard InChI is InChI=1S/C17H24N2O3/c1-17(2,3)22-16(21)19(11-12-20)10-8-14-6-4-5-13-7-9-18-15(13)14/h4-7,9,18,20H,8,10-12H2,1-3H3. The van der Waals surface area contributed by atoms with Crippen LogP contribution in [0.3, 0.4) is 0 Å². The van der Waals surface area contributed by atoms with Crippen LogP contribution in [-0.4, -0.2) is 46.4 Å². The van der Waals surface area contributed by atoms with Gasteiger partial charge in [-0.2, -0.15) is 0 Å². The number of carbonyl (C=O) groups excluding carboxylic acids is 1. The molecule has 0 bridgehead atoms. The molecule has 1 amide bonds. The molecular formula is C17H24N2O3. The van der Waals surface area contributed by atoms with Crippen molar-refractivity contribution >= 4 is 17.0 Å². The van der Waals surface area contributed by atoms with Crippen LogP contribution in [0, 0.1) is 0 Å². The third-order valence-electron chi connectivity index (χ3n) is 3.35. The van der Waals surface area contributed by atoms with Crippen molar-refractivity contribution in [1.82, 2.24) is 9.88 Å². The van der Waals surface area contributed by atoms with Gasteiger partial charge in [0.05, 0.1) is 6.61 Å². The Hall–Kier alpha value is -2.01. The number of amides is 1. The lowest BCUT2D eigenvalue weighted by atomic mass is 10.1. The molecule has 0 aliphatic rings. The van der Waals surface area contributed by atoms with Gasteiger partial charge in [0.2, 0.25) is 0 Å². The minimum Gasteiger partial charge on any atom is -0.444 e. The second-order valence-corrected chi connectivity index (χ2v) is 6.30. The van der Waals surface area contributed by atoms with Gasteiger partial charge in [0.25, 0.3) is 0 Å². The maximum atomic E-state index is 12.2. The van der Waals surface area contributed by atoms with Crippen LogP contribution in [0.1, 0.15) is 26.3 Å². The number of fused-ring (bicyclic) bond motifs is 1. The van der Waals surface area contributed by atoms with Gasteiger partial charge >= 0.3 is 6.09 Å². The molecule has 120 valence electrons. The number of carbonyl (C=O) groups is 1. The number of nitrogens with one attached hydrogen (secondary N) is 1. The van der Waals surface area contributed by atoms with Crippen LogP contribution in [-0.2, 0) is 11.2 Å². The first-order valence-electron chi connectivity index (χ1n) is 7.54. The Morgan fingerprint density at radius 1 is 1.27 bits per heavy atom. The number of hydrogen-bond acceptors (Lipinski definition) is 3. The number of ether oxygens (including phenoxy) is 1. The number of nitrogens with zero attached hydrogens (tertiary/aromatic N) is 1. The highest BCUT2D eigenvalue weighted by Crippen LogP contribution is 2.18. The Morgan fingerprint density at radius 2 is 2.05 bits per heavy atom. The average Bonchev–Trinajstić information content (AvgIpc) is 2.90. The molecular weight excluding hydrogens is 280 g/mol. The molecule has 2 aromatic rings. The summed E-state index contributed by atoms with van der Waals surface area (Å²) in [6.45, 7) is 6.21. The van der Waals surface area contributed by atoms with E-state index >= 15 is 0 Å². The van der Waals surface area contributed by atoms with Crippen LogP contribution in [0.2, 0.25) is 0 Å². The van der Waals surface area contributed by atoms with E-state index in [0.29, 0.717) is 13.0 Å². The number of aromatic nitrogens is 1. The molecule has 1 aromatic heterocycles. The van der Waals surface area contributed by atoms with Crippen molar-refractivity contribution in [3.63, 3.8) is 0 Å². The summed E-state index contributed by atoms with van der Waals surface area (Å²) in [6.07, 6.45) is 2.23. The summed E-state index contributed by atoms with van der Waals surface area (Å²) in [5.74, 6) is 0.